The van der Waals surface area contributed by atoms with Crippen LogP contribution in [0.25, 0.3) is 0 Å². The zero-order chi connectivity index (χ0) is 16.5. The van der Waals surface area contributed by atoms with Crippen LogP contribution in [0.2, 0.25) is 0 Å². The summed E-state index contributed by atoms with van der Waals surface area (Å²) in [6, 6.07) is 2.12. The van der Waals surface area contributed by atoms with Crippen LogP contribution in [0.1, 0.15) is 16.1 Å². The highest BCUT2D eigenvalue weighted by Crippen LogP contribution is 2.25. The second-order valence-corrected chi connectivity index (χ2v) is 7.20. The first-order valence-corrected chi connectivity index (χ1v) is 9.08. The number of anilines is 1. The Balaban J connectivity index is 1.45. The third-order valence-corrected chi connectivity index (χ3v) is 5.55. The van der Waals surface area contributed by atoms with Crippen LogP contribution in [0.4, 0.5) is 5.82 Å². The van der Waals surface area contributed by atoms with Gasteiger partial charge in [-0.25, -0.2) is 4.98 Å². The molecule has 0 saturated carbocycles. The first kappa shape index (κ1) is 15.5. The number of hydrogen-bond acceptors (Lipinski definition) is 6. The Morgan fingerprint density at radius 3 is 3.17 bits per heavy atom. The van der Waals surface area contributed by atoms with Gasteiger partial charge in [-0.1, -0.05) is 0 Å². The number of fused-ring (bicyclic) bond motifs is 1. The fourth-order valence-electron chi connectivity index (χ4n) is 3.25. The molecule has 0 spiro atoms. The highest BCUT2D eigenvalue weighted by Gasteiger charge is 2.32. The molecular weight excluding hydrogens is 324 g/mol. The summed E-state index contributed by atoms with van der Waals surface area (Å²) >= 11 is 1.78. The van der Waals surface area contributed by atoms with Crippen molar-refractivity contribution in [3.63, 3.8) is 0 Å². The Morgan fingerprint density at radius 2 is 2.29 bits per heavy atom. The summed E-state index contributed by atoms with van der Waals surface area (Å²) in [6.07, 6.45) is 4.00. The van der Waals surface area contributed by atoms with E-state index < -0.39 is 6.10 Å². The van der Waals surface area contributed by atoms with Crippen LogP contribution >= 0.6 is 11.3 Å². The van der Waals surface area contributed by atoms with Crippen LogP contribution in [0.15, 0.2) is 23.8 Å². The van der Waals surface area contributed by atoms with Crippen molar-refractivity contribution in [2.45, 2.75) is 26.0 Å². The maximum atomic E-state index is 12.9. The molecule has 1 unspecified atom stereocenters. The topological polar surface area (TPSA) is 58.6 Å². The highest BCUT2D eigenvalue weighted by atomic mass is 32.1. The standard InChI is InChI=1S/C17H20N4O2S/c1-12-8-18-9-16(19-12)20-5-6-23-14(11-20)17(22)21-4-2-15-13(10-21)3-7-24-15/h3,7-9,14H,2,4-6,10-11H2,1H3. The lowest BCUT2D eigenvalue weighted by Gasteiger charge is -2.36. The van der Waals surface area contributed by atoms with Gasteiger partial charge in [0.2, 0.25) is 0 Å². The molecule has 0 aliphatic carbocycles. The molecule has 6 nitrogen and oxygen atoms in total. The van der Waals surface area contributed by atoms with E-state index in [1.54, 1.807) is 23.7 Å². The average Bonchev–Trinajstić information content (AvgIpc) is 3.09. The van der Waals surface area contributed by atoms with Gasteiger partial charge in [0, 0.05) is 30.7 Å². The zero-order valence-electron chi connectivity index (χ0n) is 13.6. The van der Waals surface area contributed by atoms with Gasteiger partial charge in [-0.2, -0.15) is 0 Å². The van der Waals surface area contributed by atoms with Gasteiger partial charge < -0.3 is 14.5 Å². The molecule has 4 rings (SSSR count). The molecule has 1 fully saturated rings. The molecule has 2 aromatic heterocycles. The minimum atomic E-state index is -0.429. The minimum absolute atomic E-state index is 0.0807. The molecule has 2 aliphatic rings. The van der Waals surface area contributed by atoms with Gasteiger partial charge in [-0.3, -0.25) is 9.78 Å². The van der Waals surface area contributed by atoms with E-state index in [4.69, 9.17) is 4.74 Å². The number of rotatable bonds is 2. The van der Waals surface area contributed by atoms with E-state index in [-0.39, 0.29) is 5.91 Å². The van der Waals surface area contributed by atoms with Gasteiger partial charge in [0.1, 0.15) is 5.82 Å². The van der Waals surface area contributed by atoms with Crippen LogP contribution in [0.3, 0.4) is 0 Å². The third-order valence-electron chi connectivity index (χ3n) is 4.53. The molecule has 0 aromatic carbocycles. The summed E-state index contributed by atoms with van der Waals surface area (Å²) in [6.45, 7) is 5.19. The van der Waals surface area contributed by atoms with Crippen molar-refractivity contribution < 1.29 is 9.53 Å². The number of aromatic nitrogens is 2. The first-order valence-electron chi connectivity index (χ1n) is 8.20. The lowest BCUT2D eigenvalue weighted by molar-refractivity contribution is -0.145. The van der Waals surface area contributed by atoms with E-state index in [0.29, 0.717) is 19.7 Å². The monoisotopic (exact) mass is 344 g/mol. The summed E-state index contributed by atoms with van der Waals surface area (Å²) in [7, 11) is 0. The van der Waals surface area contributed by atoms with E-state index in [1.807, 2.05) is 11.8 Å². The Morgan fingerprint density at radius 1 is 1.38 bits per heavy atom. The number of morpholine rings is 1. The van der Waals surface area contributed by atoms with E-state index >= 15 is 0 Å². The maximum Gasteiger partial charge on any atom is 0.253 e. The second-order valence-electron chi connectivity index (χ2n) is 6.20. The first-order chi connectivity index (χ1) is 11.7. The minimum Gasteiger partial charge on any atom is -0.365 e. The SMILES string of the molecule is Cc1cncc(N2CCOC(C(=O)N3CCc4sccc4C3)C2)n1. The van der Waals surface area contributed by atoms with Crippen molar-refractivity contribution >= 4 is 23.1 Å². The van der Waals surface area contributed by atoms with Gasteiger partial charge in [-0.05, 0) is 30.4 Å². The molecule has 2 aromatic rings. The summed E-state index contributed by atoms with van der Waals surface area (Å²) < 4.78 is 5.77. The molecule has 126 valence electrons. The highest BCUT2D eigenvalue weighted by molar-refractivity contribution is 7.10. The molecule has 4 heterocycles. The Bertz CT molecular complexity index is 748. The molecule has 7 heteroatoms. The fourth-order valence-corrected chi connectivity index (χ4v) is 4.14. The van der Waals surface area contributed by atoms with Gasteiger partial charge in [-0.15, -0.1) is 11.3 Å². The summed E-state index contributed by atoms with van der Waals surface area (Å²) in [5, 5.41) is 2.11. The molecule has 0 N–H and O–H groups in total. The molecule has 1 atom stereocenters. The number of amides is 1. The molecule has 1 amide bonds. The summed E-state index contributed by atoms with van der Waals surface area (Å²) in [4.78, 5) is 27.0. The number of aryl methyl sites for hydroxylation is 1. The molecule has 24 heavy (non-hydrogen) atoms. The molecular formula is C17H20N4O2S. The number of thiophene rings is 1. The number of carbonyl (C=O) groups excluding carboxylic acids is 1. The van der Waals surface area contributed by atoms with Crippen molar-refractivity contribution in [2.24, 2.45) is 0 Å². The van der Waals surface area contributed by atoms with Crippen molar-refractivity contribution in [1.82, 2.24) is 14.9 Å². The smallest absolute Gasteiger partial charge is 0.253 e. The number of ether oxygens (including phenoxy) is 1. The van der Waals surface area contributed by atoms with E-state index in [2.05, 4.69) is 26.3 Å². The Labute approximate surface area is 145 Å². The van der Waals surface area contributed by atoms with Gasteiger partial charge in [0.05, 0.1) is 25.0 Å². The lowest BCUT2D eigenvalue weighted by Crippen LogP contribution is -2.52. The van der Waals surface area contributed by atoms with Gasteiger partial charge in [0.15, 0.2) is 6.10 Å². The largest absolute Gasteiger partial charge is 0.365 e. The maximum absolute atomic E-state index is 12.9. The van der Waals surface area contributed by atoms with Crippen LogP contribution in [-0.2, 0) is 22.5 Å². The predicted molar refractivity (Wildman–Crippen MR) is 92.2 cm³/mol. The number of hydrogen-bond donors (Lipinski definition) is 0. The van der Waals surface area contributed by atoms with Crippen molar-refractivity contribution in [1.29, 1.82) is 0 Å². The summed E-state index contributed by atoms with van der Waals surface area (Å²) in [5.74, 6) is 0.895. The lowest BCUT2D eigenvalue weighted by atomic mass is 10.1. The van der Waals surface area contributed by atoms with Crippen molar-refractivity contribution in [3.05, 3.63) is 40.0 Å². The van der Waals surface area contributed by atoms with Crippen molar-refractivity contribution in [3.8, 4) is 0 Å². The Kier molecular flexibility index (Phi) is 4.20. The van der Waals surface area contributed by atoms with Gasteiger partial charge >= 0.3 is 0 Å². The van der Waals surface area contributed by atoms with E-state index in [9.17, 15) is 4.79 Å². The van der Waals surface area contributed by atoms with Crippen LogP contribution < -0.4 is 4.90 Å². The van der Waals surface area contributed by atoms with E-state index in [1.165, 1.54) is 10.4 Å². The molecule has 2 aliphatic heterocycles. The van der Waals surface area contributed by atoms with E-state index in [0.717, 1.165) is 31.0 Å². The quantitative estimate of drug-likeness (QED) is 0.829. The number of carbonyl (C=O) groups is 1. The Hall–Kier alpha value is -1.99. The molecule has 0 radical (unpaired) electrons. The third kappa shape index (κ3) is 3.01. The molecule has 1 saturated heterocycles. The average molecular weight is 344 g/mol. The second kappa shape index (κ2) is 6.49. The van der Waals surface area contributed by atoms with Gasteiger partial charge in [0.25, 0.3) is 5.91 Å². The zero-order valence-corrected chi connectivity index (χ0v) is 14.5. The normalized spacial score (nSPS) is 20.8. The predicted octanol–water partition coefficient (Wildman–Crippen LogP) is 1.64. The van der Waals surface area contributed by atoms with Crippen LogP contribution in [0.5, 0.6) is 0 Å². The fraction of sp³-hybridized carbons (Fsp3) is 0.471. The molecule has 0 bridgehead atoms. The summed E-state index contributed by atoms with van der Waals surface area (Å²) in [5.41, 5.74) is 2.15. The van der Waals surface area contributed by atoms with Crippen molar-refractivity contribution in [2.75, 3.05) is 31.1 Å². The number of nitrogens with zero attached hydrogens (tertiary/aromatic N) is 4. The van der Waals surface area contributed by atoms with Crippen LogP contribution in [-0.4, -0.2) is 53.1 Å². The van der Waals surface area contributed by atoms with Crippen LogP contribution in [0, 0.1) is 6.92 Å².